The Kier molecular flexibility index (Phi) is 2.68. The van der Waals surface area contributed by atoms with Gasteiger partial charge in [-0.15, -0.1) is 0 Å². The van der Waals surface area contributed by atoms with Gasteiger partial charge in [-0.25, -0.2) is 4.39 Å². The van der Waals surface area contributed by atoms with E-state index in [-0.39, 0.29) is 17.7 Å². The third kappa shape index (κ3) is 1.68. The van der Waals surface area contributed by atoms with Crippen molar-refractivity contribution in [3.8, 4) is 5.75 Å². The van der Waals surface area contributed by atoms with Gasteiger partial charge in [0.1, 0.15) is 6.04 Å². The Morgan fingerprint density at radius 2 is 2.19 bits per heavy atom. The number of halogens is 1. The first-order valence-corrected chi connectivity index (χ1v) is 5.10. The molecule has 4 nitrogen and oxygen atoms in total. The first-order valence-electron chi connectivity index (χ1n) is 5.10. The van der Waals surface area contributed by atoms with Crippen molar-refractivity contribution < 1.29 is 13.9 Å². The molecule has 0 fully saturated rings. The Bertz CT molecular complexity index is 434. The summed E-state index contributed by atoms with van der Waals surface area (Å²) in [6.45, 7) is 1.91. The molecule has 1 aromatic rings. The highest BCUT2D eigenvalue weighted by Crippen LogP contribution is 2.33. The van der Waals surface area contributed by atoms with Crippen LogP contribution in [0.5, 0.6) is 5.75 Å². The van der Waals surface area contributed by atoms with E-state index in [1.54, 1.807) is 6.07 Å². The van der Waals surface area contributed by atoms with Crippen molar-refractivity contribution in [3.05, 3.63) is 17.9 Å². The highest BCUT2D eigenvalue weighted by atomic mass is 19.1. The largest absolute Gasteiger partial charge is 0.494 e. The number of benzene rings is 1. The number of hydrogen-bond acceptors (Lipinski definition) is 3. The predicted octanol–water partition coefficient (Wildman–Crippen LogP) is 1.98. The Morgan fingerprint density at radius 1 is 1.44 bits per heavy atom. The number of ether oxygens (including phenoxy) is 1. The average molecular weight is 224 g/mol. The lowest BCUT2D eigenvalue weighted by Crippen LogP contribution is -2.38. The molecule has 2 N–H and O–H groups in total. The molecule has 1 unspecified atom stereocenters. The van der Waals surface area contributed by atoms with Crippen molar-refractivity contribution in [3.63, 3.8) is 0 Å². The normalized spacial score (nSPS) is 18.4. The zero-order valence-corrected chi connectivity index (χ0v) is 9.13. The molecule has 1 amide bonds. The maximum atomic E-state index is 13.4. The fourth-order valence-electron chi connectivity index (χ4n) is 1.69. The van der Waals surface area contributed by atoms with E-state index in [4.69, 9.17) is 4.74 Å². The van der Waals surface area contributed by atoms with Gasteiger partial charge in [0.2, 0.25) is 5.91 Å². The van der Waals surface area contributed by atoms with Crippen LogP contribution < -0.4 is 15.4 Å². The van der Waals surface area contributed by atoms with Gasteiger partial charge >= 0.3 is 0 Å². The standard InChI is InChI=1S/C11H13FN2O2/c1-3-7-11(15)14-8-4-6(12)10(16-2)5-9(8)13-7/h4-5,7,13H,3H2,1-2H3,(H,14,15). The van der Waals surface area contributed by atoms with E-state index in [1.807, 2.05) is 6.92 Å². The molecule has 0 aliphatic carbocycles. The van der Waals surface area contributed by atoms with Crippen molar-refractivity contribution in [1.82, 2.24) is 0 Å². The average Bonchev–Trinajstić information content (AvgIpc) is 2.27. The molecule has 1 aliphatic rings. The fourth-order valence-corrected chi connectivity index (χ4v) is 1.69. The topological polar surface area (TPSA) is 50.4 Å². The SMILES string of the molecule is CCC1Nc2cc(OC)c(F)cc2NC1=O. The molecular weight excluding hydrogens is 211 g/mol. The van der Waals surface area contributed by atoms with Crippen LogP contribution in [0.2, 0.25) is 0 Å². The van der Waals surface area contributed by atoms with Crippen molar-refractivity contribution in [1.29, 1.82) is 0 Å². The van der Waals surface area contributed by atoms with Crippen molar-refractivity contribution in [2.45, 2.75) is 19.4 Å². The summed E-state index contributed by atoms with van der Waals surface area (Å²) in [4.78, 5) is 11.5. The van der Waals surface area contributed by atoms with E-state index in [1.165, 1.54) is 13.2 Å². The minimum atomic E-state index is -0.488. The van der Waals surface area contributed by atoms with Crippen molar-refractivity contribution in [2.75, 3.05) is 17.7 Å². The Labute approximate surface area is 92.8 Å². The maximum Gasteiger partial charge on any atom is 0.246 e. The molecule has 0 saturated heterocycles. The van der Waals surface area contributed by atoms with Gasteiger partial charge in [-0.2, -0.15) is 0 Å². The molecule has 16 heavy (non-hydrogen) atoms. The maximum absolute atomic E-state index is 13.4. The summed E-state index contributed by atoms with van der Waals surface area (Å²) in [7, 11) is 1.41. The van der Waals surface area contributed by atoms with Crippen LogP contribution in [0.25, 0.3) is 0 Å². The second kappa shape index (κ2) is 4.00. The number of rotatable bonds is 2. The monoisotopic (exact) mass is 224 g/mol. The minimum absolute atomic E-state index is 0.139. The van der Waals surface area contributed by atoms with E-state index in [9.17, 15) is 9.18 Å². The first kappa shape index (κ1) is 10.7. The first-order chi connectivity index (χ1) is 7.65. The van der Waals surface area contributed by atoms with Crippen LogP contribution in [0.15, 0.2) is 12.1 Å². The van der Waals surface area contributed by atoms with Crippen molar-refractivity contribution in [2.24, 2.45) is 0 Å². The number of nitrogens with one attached hydrogen (secondary N) is 2. The van der Waals surface area contributed by atoms with E-state index < -0.39 is 5.82 Å². The Morgan fingerprint density at radius 3 is 2.81 bits per heavy atom. The van der Waals surface area contributed by atoms with Gasteiger partial charge in [-0.1, -0.05) is 6.92 Å². The van der Waals surface area contributed by atoms with Crippen molar-refractivity contribution >= 4 is 17.3 Å². The number of amides is 1. The molecule has 86 valence electrons. The Balaban J connectivity index is 2.40. The van der Waals surface area contributed by atoms with Gasteiger partial charge in [0.15, 0.2) is 11.6 Å². The van der Waals surface area contributed by atoms with Gasteiger partial charge in [0, 0.05) is 12.1 Å². The predicted molar refractivity (Wildman–Crippen MR) is 59.3 cm³/mol. The molecule has 1 heterocycles. The number of carbonyl (C=O) groups excluding carboxylic acids is 1. The second-order valence-electron chi connectivity index (χ2n) is 3.63. The zero-order valence-electron chi connectivity index (χ0n) is 9.13. The summed E-state index contributed by atoms with van der Waals surface area (Å²) >= 11 is 0. The zero-order chi connectivity index (χ0) is 11.7. The van der Waals surface area contributed by atoms with E-state index in [2.05, 4.69) is 10.6 Å². The molecule has 1 aliphatic heterocycles. The number of fused-ring (bicyclic) bond motifs is 1. The van der Waals surface area contributed by atoms with Gasteiger partial charge in [-0.05, 0) is 6.42 Å². The lowest BCUT2D eigenvalue weighted by molar-refractivity contribution is -0.117. The summed E-state index contributed by atoms with van der Waals surface area (Å²) in [5.74, 6) is -0.463. The third-order valence-corrected chi connectivity index (χ3v) is 2.60. The molecule has 0 radical (unpaired) electrons. The van der Waals surface area contributed by atoms with Crippen LogP contribution in [0, 0.1) is 5.82 Å². The molecule has 5 heteroatoms. The molecule has 0 aromatic heterocycles. The number of hydrogen-bond donors (Lipinski definition) is 2. The second-order valence-corrected chi connectivity index (χ2v) is 3.63. The molecule has 2 rings (SSSR count). The summed E-state index contributed by atoms with van der Waals surface area (Å²) in [6, 6.07) is 2.53. The molecule has 1 aromatic carbocycles. The summed E-state index contributed by atoms with van der Waals surface area (Å²) < 4.78 is 18.3. The van der Waals surface area contributed by atoms with Crippen LogP contribution in [-0.4, -0.2) is 19.1 Å². The molecule has 0 saturated carbocycles. The summed E-state index contributed by atoms with van der Waals surface area (Å²) in [6.07, 6.45) is 0.672. The summed E-state index contributed by atoms with van der Waals surface area (Å²) in [5, 5.41) is 5.70. The van der Waals surface area contributed by atoms with Gasteiger partial charge in [0.25, 0.3) is 0 Å². The van der Waals surface area contributed by atoms with Gasteiger partial charge in [0.05, 0.1) is 18.5 Å². The van der Waals surface area contributed by atoms with E-state index >= 15 is 0 Å². The number of anilines is 2. The lowest BCUT2D eigenvalue weighted by atomic mass is 10.1. The number of methoxy groups -OCH3 is 1. The molecular formula is C11H13FN2O2. The van der Waals surface area contributed by atoms with Crippen LogP contribution in [0.3, 0.4) is 0 Å². The molecule has 1 atom stereocenters. The van der Waals surface area contributed by atoms with Crippen LogP contribution in [-0.2, 0) is 4.79 Å². The van der Waals surface area contributed by atoms with Crippen LogP contribution in [0.1, 0.15) is 13.3 Å². The summed E-state index contributed by atoms with van der Waals surface area (Å²) in [5.41, 5.74) is 1.14. The Hall–Kier alpha value is -1.78. The smallest absolute Gasteiger partial charge is 0.246 e. The fraction of sp³-hybridized carbons (Fsp3) is 0.364. The highest BCUT2D eigenvalue weighted by molar-refractivity contribution is 6.03. The van der Waals surface area contributed by atoms with Gasteiger partial charge < -0.3 is 15.4 Å². The van der Waals surface area contributed by atoms with E-state index in [0.29, 0.717) is 17.8 Å². The highest BCUT2D eigenvalue weighted by Gasteiger charge is 2.25. The third-order valence-electron chi connectivity index (χ3n) is 2.60. The van der Waals surface area contributed by atoms with Gasteiger partial charge in [-0.3, -0.25) is 4.79 Å². The minimum Gasteiger partial charge on any atom is -0.494 e. The number of carbonyl (C=O) groups is 1. The quantitative estimate of drug-likeness (QED) is 0.807. The van der Waals surface area contributed by atoms with Crippen LogP contribution >= 0.6 is 0 Å². The van der Waals surface area contributed by atoms with Crippen LogP contribution in [0.4, 0.5) is 15.8 Å². The molecule has 0 spiro atoms. The van der Waals surface area contributed by atoms with E-state index in [0.717, 1.165) is 0 Å². The molecule has 0 bridgehead atoms. The lowest BCUT2D eigenvalue weighted by Gasteiger charge is -2.26.